The average molecular weight is 385 g/mol. The smallest absolute Gasteiger partial charge is 0.139 e. The Morgan fingerprint density at radius 2 is 1.95 bits per heavy atom. The van der Waals surface area contributed by atoms with Crippen molar-refractivity contribution in [2.45, 2.75) is 0 Å². The predicted molar refractivity (Wildman–Crippen MR) is 81.3 cm³/mol. The number of aromatic amines is 1. The highest BCUT2D eigenvalue weighted by Gasteiger charge is 2.12. The van der Waals surface area contributed by atoms with E-state index in [1.807, 2.05) is 6.07 Å². The van der Waals surface area contributed by atoms with Gasteiger partial charge in [0.15, 0.2) is 0 Å². The molecule has 0 atom stereocenters. The number of H-pyrrole nitrogens is 1. The molecular weight excluding hydrogens is 377 g/mol. The van der Waals surface area contributed by atoms with Gasteiger partial charge in [-0.15, -0.1) is 0 Å². The monoisotopic (exact) mass is 383 g/mol. The van der Waals surface area contributed by atoms with Gasteiger partial charge in [-0.05, 0) is 30.3 Å². The number of nitrogen functional groups attached to an aromatic ring is 1. The fourth-order valence-electron chi connectivity index (χ4n) is 1.91. The number of halogens is 3. The van der Waals surface area contributed by atoms with Crippen LogP contribution in [0.15, 0.2) is 39.3 Å². The highest BCUT2D eigenvalue weighted by molar-refractivity contribution is 9.10. The number of rotatable bonds is 1. The summed E-state index contributed by atoms with van der Waals surface area (Å²) < 4.78 is 15.0. The molecule has 2 aromatic carbocycles. The molecular formula is C13H8Br2FN3. The molecule has 1 aromatic heterocycles. The molecule has 3 rings (SSSR count). The fourth-order valence-corrected chi connectivity index (χ4v) is 2.82. The lowest BCUT2D eigenvalue weighted by atomic mass is 10.2. The molecule has 0 spiro atoms. The molecule has 0 aliphatic rings. The SMILES string of the molecule is Nc1cc(Br)cc2[nH]c(-c3cc(F)ccc3Br)nc12. The van der Waals surface area contributed by atoms with Gasteiger partial charge in [-0.3, -0.25) is 0 Å². The van der Waals surface area contributed by atoms with Crippen LogP contribution in [0, 0.1) is 5.82 Å². The number of nitrogens with two attached hydrogens (primary N) is 1. The van der Waals surface area contributed by atoms with Gasteiger partial charge in [-0.1, -0.05) is 31.9 Å². The molecule has 0 bridgehead atoms. The van der Waals surface area contributed by atoms with Crippen molar-refractivity contribution in [3.8, 4) is 11.4 Å². The Morgan fingerprint density at radius 3 is 2.74 bits per heavy atom. The van der Waals surface area contributed by atoms with E-state index in [0.717, 1.165) is 14.5 Å². The lowest BCUT2D eigenvalue weighted by molar-refractivity contribution is 0.628. The van der Waals surface area contributed by atoms with Crippen LogP contribution in [0.5, 0.6) is 0 Å². The van der Waals surface area contributed by atoms with Crippen molar-refractivity contribution >= 4 is 48.6 Å². The van der Waals surface area contributed by atoms with Crippen LogP contribution in [0.1, 0.15) is 0 Å². The zero-order chi connectivity index (χ0) is 13.6. The van der Waals surface area contributed by atoms with Crippen molar-refractivity contribution < 1.29 is 4.39 Å². The van der Waals surface area contributed by atoms with E-state index in [2.05, 4.69) is 41.8 Å². The van der Waals surface area contributed by atoms with Gasteiger partial charge in [0.2, 0.25) is 0 Å². The Balaban J connectivity index is 2.26. The van der Waals surface area contributed by atoms with E-state index in [1.165, 1.54) is 12.1 Å². The van der Waals surface area contributed by atoms with Crippen LogP contribution in [0.25, 0.3) is 22.4 Å². The van der Waals surface area contributed by atoms with Gasteiger partial charge in [-0.2, -0.15) is 0 Å². The van der Waals surface area contributed by atoms with Gasteiger partial charge in [0.05, 0.1) is 11.2 Å². The molecule has 0 aliphatic heterocycles. The normalized spacial score (nSPS) is 11.1. The van der Waals surface area contributed by atoms with Crippen LogP contribution in [-0.2, 0) is 0 Å². The highest BCUT2D eigenvalue weighted by Crippen LogP contribution is 2.31. The Morgan fingerprint density at radius 1 is 1.16 bits per heavy atom. The highest BCUT2D eigenvalue weighted by atomic mass is 79.9. The second-order valence-corrected chi connectivity index (χ2v) is 5.87. The summed E-state index contributed by atoms with van der Waals surface area (Å²) in [5.74, 6) is 0.263. The second kappa shape index (κ2) is 4.61. The Bertz CT molecular complexity index is 783. The number of imidazole rings is 1. The fraction of sp³-hybridized carbons (Fsp3) is 0. The largest absolute Gasteiger partial charge is 0.397 e. The maximum atomic E-state index is 13.3. The van der Waals surface area contributed by atoms with Gasteiger partial charge in [0.25, 0.3) is 0 Å². The lowest BCUT2D eigenvalue weighted by Gasteiger charge is -2.00. The van der Waals surface area contributed by atoms with E-state index >= 15 is 0 Å². The van der Waals surface area contributed by atoms with Crippen LogP contribution in [0.2, 0.25) is 0 Å². The zero-order valence-corrected chi connectivity index (χ0v) is 12.7. The minimum atomic E-state index is -0.312. The van der Waals surface area contributed by atoms with E-state index in [-0.39, 0.29) is 5.82 Å². The lowest BCUT2D eigenvalue weighted by Crippen LogP contribution is -1.86. The van der Waals surface area contributed by atoms with Crippen LogP contribution in [0.3, 0.4) is 0 Å². The summed E-state index contributed by atoms with van der Waals surface area (Å²) in [6.45, 7) is 0. The molecule has 3 aromatic rings. The molecule has 6 heteroatoms. The van der Waals surface area contributed by atoms with Crippen molar-refractivity contribution in [3.63, 3.8) is 0 Å². The standard InChI is InChI=1S/C13H8Br2FN3/c14-6-3-10(17)12-11(4-6)18-13(19-12)8-5-7(16)1-2-9(8)15/h1-5H,17H2,(H,18,19). The van der Waals surface area contributed by atoms with Crippen molar-refractivity contribution in [2.24, 2.45) is 0 Å². The van der Waals surface area contributed by atoms with E-state index in [4.69, 9.17) is 5.73 Å². The van der Waals surface area contributed by atoms with Gasteiger partial charge in [0, 0.05) is 14.5 Å². The predicted octanol–water partition coefficient (Wildman–Crippen LogP) is 4.48. The number of fused-ring (bicyclic) bond motifs is 1. The van der Waals surface area contributed by atoms with Crippen LogP contribution < -0.4 is 5.73 Å². The van der Waals surface area contributed by atoms with Crippen LogP contribution >= 0.6 is 31.9 Å². The third kappa shape index (κ3) is 2.26. The molecule has 0 aliphatic carbocycles. The molecule has 0 fully saturated rings. The molecule has 0 amide bonds. The van der Waals surface area contributed by atoms with Gasteiger partial charge < -0.3 is 10.7 Å². The number of hydrogen-bond acceptors (Lipinski definition) is 2. The third-order valence-corrected chi connectivity index (χ3v) is 3.91. The van der Waals surface area contributed by atoms with Gasteiger partial charge >= 0.3 is 0 Å². The molecule has 3 N–H and O–H groups in total. The van der Waals surface area contributed by atoms with Crippen molar-refractivity contribution in [2.75, 3.05) is 5.73 Å². The topological polar surface area (TPSA) is 54.7 Å². The van der Waals surface area contributed by atoms with E-state index < -0.39 is 0 Å². The third-order valence-electron chi connectivity index (χ3n) is 2.76. The number of hydrogen-bond donors (Lipinski definition) is 2. The van der Waals surface area contributed by atoms with E-state index in [0.29, 0.717) is 22.6 Å². The van der Waals surface area contributed by atoms with Crippen molar-refractivity contribution in [1.29, 1.82) is 0 Å². The molecule has 0 saturated heterocycles. The van der Waals surface area contributed by atoms with Crippen LogP contribution in [-0.4, -0.2) is 9.97 Å². The first-order valence-electron chi connectivity index (χ1n) is 5.45. The Kier molecular flexibility index (Phi) is 3.06. The molecule has 0 unspecified atom stereocenters. The quantitative estimate of drug-likeness (QED) is 0.608. The maximum absolute atomic E-state index is 13.3. The summed E-state index contributed by atoms with van der Waals surface area (Å²) in [7, 11) is 0. The number of anilines is 1. The summed E-state index contributed by atoms with van der Waals surface area (Å²) in [5, 5.41) is 0. The van der Waals surface area contributed by atoms with Crippen molar-refractivity contribution in [1.82, 2.24) is 9.97 Å². The maximum Gasteiger partial charge on any atom is 0.139 e. The summed E-state index contributed by atoms with van der Waals surface area (Å²) in [6, 6.07) is 8.13. The molecule has 0 radical (unpaired) electrons. The minimum Gasteiger partial charge on any atom is -0.397 e. The molecule has 19 heavy (non-hydrogen) atoms. The number of nitrogens with one attached hydrogen (secondary N) is 1. The molecule has 0 saturated carbocycles. The molecule has 1 heterocycles. The van der Waals surface area contributed by atoms with Gasteiger partial charge in [-0.25, -0.2) is 9.37 Å². The summed E-state index contributed by atoms with van der Waals surface area (Å²) >= 11 is 6.77. The molecule has 96 valence electrons. The van der Waals surface area contributed by atoms with E-state index in [1.54, 1.807) is 12.1 Å². The first-order valence-corrected chi connectivity index (χ1v) is 7.03. The number of nitrogens with zero attached hydrogens (tertiary/aromatic N) is 1. The number of benzene rings is 2. The van der Waals surface area contributed by atoms with Crippen molar-refractivity contribution in [3.05, 3.63) is 45.1 Å². The second-order valence-electron chi connectivity index (χ2n) is 4.10. The minimum absolute atomic E-state index is 0.312. The number of aromatic nitrogens is 2. The zero-order valence-electron chi connectivity index (χ0n) is 9.55. The summed E-state index contributed by atoms with van der Waals surface area (Å²) in [6.07, 6.45) is 0. The first kappa shape index (κ1) is 12.6. The van der Waals surface area contributed by atoms with E-state index in [9.17, 15) is 4.39 Å². The van der Waals surface area contributed by atoms with Gasteiger partial charge in [0.1, 0.15) is 17.2 Å². The molecule has 3 nitrogen and oxygen atoms in total. The summed E-state index contributed by atoms with van der Waals surface area (Å²) in [4.78, 5) is 7.57. The average Bonchev–Trinajstić information content (AvgIpc) is 2.76. The Labute approximate surface area is 125 Å². The van der Waals surface area contributed by atoms with Crippen LogP contribution in [0.4, 0.5) is 10.1 Å². The summed E-state index contributed by atoms with van der Waals surface area (Å²) in [5.41, 5.74) is 8.63. The first-order chi connectivity index (χ1) is 9.04. The Hall–Kier alpha value is -1.40.